The van der Waals surface area contributed by atoms with Crippen molar-refractivity contribution in [3.05, 3.63) is 64.2 Å². The molecule has 2 aromatic carbocycles. The van der Waals surface area contributed by atoms with Gasteiger partial charge in [0, 0.05) is 12.1 Å². The Kier molecular flexibility index (Phi) is 4.80. The van der Waals surface area contributed by atoms with Gasteiger partial charge in [0.2, 0.25) is 0 Å². The van der Waals surface area contributed by atoms with Gasteiger partial charge in [0.1, 0.15) is 4.99 Å². The van der Waals surface area contributed by atoms with Gasteiger partial charge < -0.3 is 5.73 Å². The molecule has 22 heavy (non-hydrogen) atoms. The van der Waals surface area contributed by atoms with Gasteiger partial charge >= 0.3 is 0 Å². The van der Waals surface area contributed by atoms with Crippen LogP contribution in [0.15, 0.2) is 53.6 Å². The number of nitrogen functional groups attached to an aromatic ring is 1. The first-order valence-electron chi connectivity index (χ1n) is 6.42. The number of benzene rings is 2. The first kappa shape index (κ1) is 15.6. The number of hydrazone groups is 1. The summed E-state index contributed by atoms with van der Waals surface area (Å²) >= 11 is 5.20. The van der Waals surface area contributed by atoms with Crippen molar-refractivity contribution in [2.75, 3.05) is 10.7 Å². The van der Waals surface area contributed by atoms with Gasteiger partial charge in [-0.3, -0.25) is 10.1 Å². The second-order valence-corrected chi connectivity index (χ2v) is 5.07. The average Bonchev–Trinajstić information content (AvgIpc) is 2.49. The molecule has 112 valence electrons. The highest BCUT2D eigenvalue weighted by atomic mass is 32.1. The summed E-state index contributed by atoms with van der Waals surface area (Å²) in [6.45, 7) is 1.74. The van der Waals surface area contributed by atoms with E-state index in [1.165, 1.54) is 12.1 Å². The van der Waals surface area contributed by atoms with Gasteiger partial charge in [0.05, 0.1) is 22.5 Å². The molecule has 0 radical (unpaired) electrons. The second kappa shape index (κ2) is 6.77. The molecule has 0 aliphatic rings. The number of nitro groups is 1. The third-order valence-electron chi connectivity index (χ3n) is 2.89. The summed E-state index contributed by atoms with van der Waals surface area (Å²) < 4.78 is 0. The van der Waals surface area contributed by atoms with E-state index in [0.29, 0.717) is 16.4 Å². The molecule has 7 heteroatoms. The van der Waals surface area contributed by atoms with Crippen LogP contribution in [-0.4, -0.2) is 16.1 Å². The summed E-state index contributed by atoms with van der Waals surface area (Å²) in [6.07, 6.45) is 1.58. The maximum atomic E-state index is 10.6. The minimum Gasteiger partial charge on any atom is -0.397 e. The van der Waals surface area contributed by atoms with Gasteiger partial charge in [-0.25, -0.2) is 5.01 Å². The molecule has 0 fully saturated rings. The third-order valence-corrected chi connectivity index (χ3v) is 3.06. The maximum Gasteiger partial charge on any atom is 0.269 e. The lowest BCUT2D eigenvalue weighted by atomic mass is 10.2. The van der Waals surface area contributed by atoms with Crippen molar-refractivity contribution < 1.29 is 4.92 Å². The number of nitrogens with zero attached hydrogens (tertiary/aromatic N) is 3. The van der Waals surface area contributed by atoms with Crippen LogP contribution >= 0.6 is 12.2 Å². The van der Waals surface area contributed by atoms with E-state index in [9.17, 15) is 10.1 Å². The van der Waals surface area contributed by atoms with Crippen LogP contribution in [0.3, 0.4) is 0 Å². The third kappa shape index (κ3) is 3.64. The van der Waals surface area contributed by atoms with Crippen molar-refractivity contribution in [1.29, 1.82) is 0 Å². The predicted molar refractivity (Wildman–Crippen MR) is 92.3 cm³/mol. The Morgan fingerprint density at radius 1 is 1.27 bits per heavy atom. The molecule has 2 N–H and O–H groups in total. The van der Waals surface area contributed by atoms with Crippen molar-refractivity contribution in [3.63, 3.8) is 0 Å². The van der Waals surface area contributed by atoms with Crippen LogP contribution < -0.4 is 10.7 Å². The van der Waals surface area contributed by atoms with E-state index in [1.54, 1.807) is 36.3 Å². The van der Waals surface area contributed by atoms with Crippen LogP contribution in [-0.2, 0) is 0 Å². The van der Waals surface area contributed by atoms with Gasteiger partial charge in [0.15, 0.2) is 0 Å². The number of nitro benzene ring substituents is 1. The normalized spacial score (nSPS) is 10.6. The number of nitrogens with two attached hydrogens (primary N) is 1. The van der Waals surface area contributed by atoms with E-state index in [4.69, 9.17) is 18.0 Å². The minimum atomic E-state index is -0.445. The summed E-state index contributed by atoms with van der Waals surface area (Å²) in [5.74, 6) is 0. The van der Waals surface area contributed by atoms with Crippen LogP contribution in [0, 0.1) is 10.1 Å². The van der Waals surface area contributed by atoms with Gasteiger partial charge in [-0.1, -0.05) is 24.4 Å². The Hall–Kier alpha value is -2.80. The second-order valence-electron chi connectivity index (χ2n) is 4.48. The lowest BCUT2D eigenvalue weighted by Gasteiger charge is -2.19. The molecule has 0 saturated carbocycles. The number of hydrogen-bond acceptors (Lipinski definition) is 5. The predicted octanol–water partition coefficient (Wildman–Crippen LogP) is 3.36. The zero-order valence-electron chi connectivity index (χ0n) is 11.8. The monoisotopic (exact) mass is 314 g/mol. The van der Waals surface area contributed by atoms with E-state index in [2.05, 4.69) is 5.10 Å². The van der Waals surface area contributed by atoms with E-state index >= 15 is 0 Å². The molecule has 0 aliphatic heterocycles. The fraction of sp³-hybridized carbons (Fsp3) is 0.0667. The summed E-state index contributed by atoms with van der Waals surface area (Å²) in [6, 6.07) is 13.3. The molecule has 0 heterocycles. The van der Waals surface area contributed by atoms with Gasteiger partial charge in [-0.2, -0.15) is 5.10 Å². The number of rotatable bonds is 4. The molecule has 6 nitrogen and oxygen atoms in total. The van der Waals surface area contributed by atoms with Crippen LogP contribution in [0.1, 0.15) is 12.5 Å². The molecular formula is C15H14N4O2S. The number of thiocarbonyl (C=S) groups is 1. The highest BCUT2D eigenvalue weighted by Crippen LogP contribution is 2.23. The van der Waals surface area contributed by atoms with Crippen molar-refractivity contribution in [3.8, 4) is 0 Å². The molecule has 0 bridgehead atoms. The summed E-state index contributed by atoms with van der Waals surface area (Å²) in [5.41, 5.74) is 7.94. The highest BCUT2D eigenvalue weighted by molar-refractivity contribution is 7.80. The summed E-state index contributed by atoms with van der Waals surface area (Å²) in [5, 5.41) is 16.5. The van der Waals surface area contributed by atoms with Gasteiger partial charge in [-0.15, -0.1) is 0 Å². The first-order valence-corrected chi connectivity index (χ1v) is 6.83. The molecule has 0 aromatic heterocycles. The van der Waals surface area contributed by atoms with Gasteiger partial charge in [0.25, 0.3) is 5.69 Å². The number of anilines is 2. The topological polar surface area (TPSA) is 84.8 Å². The van der Waals surface area contributed by atoms with E-state index in [1.807, 2.05) is 18.2 Å². The standard InChI is InChI=1S/C15H14N4O2S/c1-11(22)18(15-5-3-2-4-14(15)16)17-10-12-6-8-13(9-7-12)19(20)21/h2-10H,16H2,1H3. The molecule has 0 unspecified atom stereocenters. The summed E-state index contributed by atoms with van der Waals surface area (Å²) in [4.78, 5) is 10.7. The molecular weight excluding hydrogens is 300 g/mol. The Balaban J connectivity index is 2.26. The zero-order valence-corrected chi connectivity index (χ0v) is 12.7. The zero-order chi connectivity index (χ0) is 16.1. The smallest absolute Gasteiger partial charge is 0.269 e. The van der Waals surface area contributed by atoms with Crippen molar-refractivity contribution >= 4 is 40.5 Å². The van der Waals surface area contributed by atoms with Gasteiger partial charge in [-0.05, 0) is 36.8 Å². The lowest BCUT2D eigenvalue weighted by molar-refractivity contribution is -0.384. The molecule has 0 atom stereocenters. The SMILES string of the molecule is CC(=S)N(N=Cc1ccc([N+](=O)[O-])cc1)c1ccccc1N. The van der Waals surface area contributed by atoms with Crippen LogP contribution in [0.4, 0.5) is 17.1 Å². The van der Waals surface area contributed by atoms with E-state index in [0.717, 1.165) is 5.56 Å². The Bertz CT molecular complexity index is 729. The number of non-ortho nitro benzene ring substituents is 1. The first-order chi connectivity index (χ1) is 10.5. The van der Waals surface area contributed by atoms with E-state index < -0.39 is 4.92 Å². The molecule has 2 rings (SSSR count). The molecule has 0 amide bonds. The van der Waals surface area contributed by atoms with E-state index in [-0.39, 0.29) is 5.69 Å². The van der Waals surface area contributed by atoms with Crippen LogP contribution in [0.5, 0.6) is 0 Å². The average molecular weight is 314 g/mol. The fourth-order valence-corrected chi connectivity index (χ4v) is 1.95. The van der Waals surface area contributed by atoms with Crippen molar-refractivity contribution in [2.24, 2.45) is 5.10 Å². The van der Waals surface area contributed by atoms with Crippen LogP contribution in [0.25, 0.3) is 0 Å². The summed E-state index contributed by atoms with van der Waals surface area (Å²) in [7, 11) is 0. The number of hydrogen-bond donors (Lipinski definition) is 1. The molecule has 0 spiro atoms. The Morgan fingerprint density at radius 3 is 2.45 bits per heavy atom. The molecule has 0 saturated heterocycles. The molecule has 2 aromatic rings. The number of para-hydroxylation sites is 2. The maximum absolute atomic E-state index is 10.6. The highest BCUT2D eigenvalue weighted by Gasteiger charge is 2.10. The van der Waals surface area contributed by atoms with Crippen molar-refractivity contribution in [1.82, 2.24) is 0 Å². The minimum absolute atomic E-state index is 0.0346. The fourth-order valence-electron chi connectivity index (χ4n) is 1.80. The van der Waals surface area contributed by atoms with Crippen LogP contribution in [0.2, 0.25) is 0 Å². The lowest BCUT2D eigenvalue weighted by Crippen LogP contribution is -2.21. The Labute approximate surface area is 133 Å². The largest absolute Gasteiger partial charge is 0.397 e. The van der Waals surface area contributed by atoms with Crippen molar-refractivity contribution in [2.45, 2.75) is 6.92 Å². The Morgan fingerprint density at radius 2 is 1.91 bits per heavy atom. The quantitative estimate of drug-likeness (QED) is 0.307. The molecule has 0 aliphatic carbocycles.